The summed E-state index contributed by atoms with van der Waals surface area (Å²) in [6, 6.07) is -4.19. The second-order valence-corrected chi connectivity index (χ2v) is 13.2. The Morgan fingerprint density at radius 3 is 1.07 bits per heavy atom. The monoisotopic (exact) mass is 812 g/mol. The Morgan fingerprint density at radius 2 is 0.855 bits per heavy atom. The van der Waals surface area contributed by atoms with E-state index in [9.17, 15) is 59.4 Å². The fraction of sp³-hybridized carbons (Fsp3) is 0.737. The van der Waals surface area contributed by atoms with Gasteiger partial charge in [0.05, 0.1) is 51.3 Å². The van der Waals surface area contributed by atoms with E-state index in [0.29, 0.717) is 0 Å². The first-order valence-corrected chi connectivity index (χ1v) is 19.3. The summed E-state index contributed by atoms with van der Waals surface area (Å²) in [5, 5.41) is 67.1. The van der Waals surface area contributed by atoms with Crippen molar-refractivity contribution < 1.29 is 68.4 Å². The van der Waals surface area contributed by atoms with E-state index in [1.54, 1.807) is 39.8 Å². The first-order chi connectivity index (χ1) is 25.6. The zero-order valence-electron chi connectivity index (χ0n) is 34.0. The molecule has 0 aromatic heterocycles. The van der Waals surface area contributed by atoms with Gasteiger partial charge in [-0.1, -0.05) is 78.7 Å². The van der Waals surface area contributed by atoms with Crippen molar-refractivity contribution in [3.05, 3.63) is 24.3 Å². The van der Waals surface area contributed by atoms with E-state index in [-0.39, 0.29) is 150 Å². The molecule has 0 bridgehead atoms. The van der Waals surface area contributed by atoms with Crippen LogP contribution in [-0.2, 0) is 28.8 Å². The van der Waals surface area contributed by atoms with Gasteiger partial charge in [-0.3, -0.25) is 9.59 Å². The zero-order chi connectivity index (χ0) is 41.7. The molecule has 0 aliphatic carbocycles. The number of amides is 2. The van der Waals surface area contributed by atoms with Crippen LogP contribution in [0.5, 0.6) is 0 Å². The molecule has 55 heavy (non-hydrogen) atoms. The molecule has 0 aliphatic heterocycles. The van der Waals surface area contributed by atoms with Gasteiger partial charge in [-0.05, 0) is 12.8 Å². The van der Waals surface area contributed by atoms with Crippen LogP contribution in [0.3, 0.4) is 0 Å². The quantitative estimate of drug-likeness (QED) is 0.0311. The number of carbonyl (C=O) groups excluding carboxylic acids is 4. The van der Waals surface area contributed by atoms with Gasteiger partial charge >= 0.3 is 49.7 Å². The molecule has 0 aromatic carbocycles. The fourth-order valence-corrected chi connectivity index (χ4v) is 7.17. The van der Waals surface area contributed by atoms with E-state index < -0.39 is 48.0 Å². The van der Waals surface area contributed by atoms with Gasteiger partial charge in [0.2, 0.25) is 11.8 Å². The average molecular weight is 813 g/mol. The van der Waals surface area contributed by atoms with E-state index >= 15 is 0 Å². The minimum absolute atomic E-state index is 0. The first-order valence-electron chi connectivity index (χ1n) is 19.3. The number of aliphatic carboxylic acids is 4. The van der Waals surface area contributed by atoms with Gasteiger partial charge in [0.25, 0.3) is 0 Å². The number of carboxylic acid groups (broad SMARTS) is 4. The molecule has 0 spiro atoms. The predicted molar refractivity (Wildman–Crippen MR) is 205 cm³/mol. The van der Waals surface area contributed by atoms with Gasteiger partial charge in [0.15, 0.2) is 12.1 Å². The SMILES string of the molecule is CCC/C=C/CC(=O)NCC[N+](CCO)(C(CC)C(=O)[O-])C(CC)C(=O)O.CCC/C=C/CC(=O)NCC[N+](CCO)(C(CC)C(=O)[O-])C(CC)C(=O)O.[Ca+2]. The minimum Gasteiger partial charge on any atom is -0.544 e. The molecule has 0 fully saturated rings. The van der Waals surface area contributed by atoms with Crippen molar-refractivity contribution in [1.82, 2.24) is 10.6 Å². The molecule has 0 radical (unpaired) electrons. The summed E-state index contributed by atoms with van der Waals surface area (Å²) in [5.74, 6) is -5.37. The Bertz CT molecular complexity index is 1070. The van der Waals surface area contributed by atoms with E-state index in [1.807, 2.05) is 26.0 Å². The maximum atomic E-state index is 11.9. The Hall–Kier alpha value is -2.60. The van der Waals surface area contributed by atoms with Gasteiger partial charge in [-0.25, -0.2) is 9.59 Å². The smallest absolute Gasteiger partial charge is 0.544 e. The predicted octanol–water partition coefficient (Wildman–Crippen LogP) is -0.281. The van der Waals surface area contributed by atoms with Crippen LogP contribution in [-0.4, -0.2) is 179 Å². The molecule has 16 nitrogen and oxygen atoms in total. The molecule has 2 amide bonds. The van der Waals surface area contributed by atoms with Crippen molar-refractivity contribution in [2.24, 2.45) is 0 Å². The number of aliphatic hydroxyl groups is 2. The van der Waals surface area contributed by atoms with Gasteiger partial charge in [-0.2, -0.15) is 0 Å². The number of hydrogen-bond acceptors (Lipinski definition) is 10. The number of unbranched alkanes of at least 4 members (excludes halogenated alkanes) is 2. The first kappa shape index (κ1) is 56.7. The number of nitrogens with zero attached hydrogens (tertiary/aromatic N) is 2. The molecule has 0 saturated carbocycles. The molecule has 0 aliphatic rings. The van der Waals surface area contributed by atoms with Crippen molar-refractivity contribution in [1.29, 1.82) is 0 Å². The van der Waals surface area contributed by atoms with Crippen LogP contribution in [0.15, 0.2) is 24.3 Å². The Kier molecular flexibility index (Phi) is 33.5. The van der Waals surface area contributed by atoms with Crippen LogP contribution in [0.4, 0.5) is 0 Å². The van der Waals surface area contributed by atoms with E-state index in [0.717, 1.165) is 25.7 Å². The van der Waals surface area contributed by atoms with Crippen molar-refractivity contribution in [2.45, 2.75) is 130 Å². The molecule has 17 heteroatoms. The number of aliphatic hydroxyl groups excluding tert-OH is 2. The number of carbonyl (C=O) groups is 6. The standard InChI is InChI=1S/2C19H34N2O6.Ca/c2*1-4-7-8-9-10-17(23)20-11-12-21(13-14-22,15(5-2)18(24)25)16(6-3)19(26)27;/h2*8-9,15-16,22H,4-7,10-14H2,1-3H3,(H2-,20,23,24,25,26,27);/q;;+2/b2*9-8+;. The third-order valence-corrected chi connectivity index (χ3v) is 9.73. The minimum atomic E-state index is -1.35. The van der Waals surface area contributed by atoms with Gasteiger partial charge in [0.1, 0.15) is 25.2 Å². The van der Waals surface area contributed by atoms with Crippen LogP contribution >= 0.6 is 0 Å². The van der Waals surface area contributed by atoms with Crippen LogP contribution in [0.25, 0.3) is 0 Å². The number of quaternary nitrogens is 2. The van der Waals surface area contributed by atoms with Crippen LogP contribution < -0.4 is 20.8 Å². The number of rotatable bonds is 30. The zero-order valence-corrected chi connectivity index (χ0v) is 36.2. The molecule has 6 N–H and O–H groups in total. The molecular weight excluding hydrogens is 745 g/mol. The number of allylic oxidation sites excluding steroid dienone is 2. The maximum Gasteiger partial charge on any atom is 2.00 e. The fourth-order valence-electron chi connectivity index (χ4n) is 7.17. The summed E-state index contributed by atoms with van der Waals surface area (Å²) in [6.45, 7) is 10.3. The second-order valence-electron chi connectivity index (χ2n) is 13.2. The van der Waals surface area contributed by atoms with Crippen LogP contribution in [0.1, 0.15) is 106 Å². The molecule has 312 valence electrons. The molecule has 0 heterocycles. The Balaban J connectivity index is -0.000000966. The van der Waals surface area contributed by atoms with Gasteiger partial charge in [-0.15, -0.1) is 0 Å². The largest absolute Gasteiger partial charge is 2.00 e. The molecule has 0 aromatic rings. The van der Waals surface area contributed by atoms with Crippen molar-refractivity contribution in [2.75, 3.05) is 52.5 Å². The summed E-state index contributed by atoms with van der Waals surface area (Å²) in [7, 11) is 0. The molecule has 0 rings (SSSR count). The van der Waals surface area contributed by atoms with Crippen LogP contribution in [0, 0.1) is 0 Å². The number of hydrogen-bond donors (Lipinski definition) is 6. The van der Waals surface area contributed by atoms with Gasteiger partial charge < -0.3 is 59.8 Å². The molecule has 6 unspecified atom stereocenters. The third-order valence-electron chi connectivity index (χ3n) is 9.73. The Morgan fingerprint density at radius 1 is 0.545 bits per heavy atom. The van der Waals surface area contributed by atoms with E-state index in [2.05, 4.69) is 10.6 Å². The van der Waals surface area contributed by atoms with Gasteiger partial charge in [0, 0.05) is 38.5 Å². The topological polar surface area (TPSA) is 254 Å². The van der Waals surface area contributed by atoms with Crippen LogP contribution in [0.2, 0.25) is 0 Å². The van der Waals surface area contributed by atoms with Crippen molar-refractivity contribution >= 4 is 73.4 Å². The normalized spacial score (nSPS) is 15.6. The summed E-state index contributed by atoms with van der Waals surface area (Å²) < 4.78 is -0.708. The summed E-state index contributed by atoms with van der Waals surface area (Å²) >= 11 is 0. The molecule has 6 atom stereocenters. The van der Waals surface area contributed by atoms with Crippen molar-refractivity contribution in [3.63, 3.8) is 0 Å². The van der Waals surface area contributed by atoms with Crippen molar-refractivity contribution in [3.8, 4) is 0 Å². The third kappa shape index (κ3) is 19.9. The van der Waals surface area contributed by atoms with E-state index in [1.165, 1.54) is 0 Å². The van der Waals surface area contributed by atoms with E-state index in [4.69, 9.17) is 0 Å². The molecular formula is C38H68CaN4O12+2. The average Bonchev–Trinajstić information content (AvgIpc) is 3.09. The second kappa shape index (κ2) is 32.5. The summed E-state index contributed by atoms with van der Waals surface area (Å²) in [6.07, 6.45) is 12.3. The summed E-state index contributed by atoms with van der Waals surface area (Å²) in [5.41, 5.74) is 0. The summed E-state index contributed by atoms with van der Waals surface area (Å²) in [4.78, 5) is 70.8. The molecule has 0 saturated heterocycles. The number of carboxylic acids is 4. The number of nitrogens with one attached hydrogen (secondary N) is 2. The Labute approximate surface area is 357 Å². The maximum absolute atomic E-state index is 11.9.